The maximum Gasteiger partial charge on any atom is 0.405 e. The van der Waals surface area contributed by atoms with Gasteiger partial charge in [-0.1, -0.05) is 78.9 Å². The standard InChI is InChI=1S/C39H40N8O5/c1-45(2)37(49)38(50)47-21-7-11-32(47)35-42-23-30(44-35)27-18-14-25(15-19-27)24-12-16-26(17-13-24)29-22-41-34(43-29)31-10-6-20-46(31)36(48)33(52-39(40)51)28-8-4-3-5-9-28/h3-5,8-9,12-19,22-23,31-33H,6-7,10-11,20-21H2,1-2H3,(H2,40,51)(H,41,43)(H,42,44)/t31-,32-,33+/m0/s1. The van der Waals surface area contributed by atoms with Crippen molar-refractivity contribution in [3.05, 3.63) is 108 Å². The lowest BCUT2D eigenvalue weighted by molar-refractivity contribution is -0.151. The summed E-state index contributed by atoms with van der Waals surface area (Å²) in [6.45, 7) is 1.04. The number of aromatic nitrogens is 4. The van der Waals surface area contributed by atoms with E-state index in [1.807, 2.05) is 30.3 Å². The number of nitrogens with zero attached hydrogens (tertiary/aromatic N) is 5. The number of nitrogens with one attached hydrogen (secondary N) is 2. The van der Waals surface area contributed by atoms with Crippen molar-refractivity contribution in [2.24, 2.45) is 5.73 Å². The number of amides is 4. The predicted molar refractivity (Wildman–Crippen MR) is 193 cm³/mol. The van der Waals surface area contributed by atoms with Crippen LogP contribution >= 0.6 is 0 Å². The number of imidazole rings is 2. The van der Waals surface area contributed by atoms with Crippen molar-refractivity contribution in [2.45, 2.75) is 43.9 Å². The minimum atomic E-state index is -1.13. The number of H-pyrrole nitrogens is 2. The van der Waals surface area contributed by atoms with Crippen LogP contribution in [0.3, 0.4) is 0 Å². The highest BCUT2D eigenvalue weighted by molar-refractivity contribution is 6.34. The van der Waals surface area contributed by atoms with Crippen LogP contribution in [0.1, 0.15) is 61.1 Å². The van der Waals surface area contributed by atoms with Crippen LogP contribution in [0.4, 0.5) is 4.79 Å². The third kappa shape index (κ3) is 6.89. The zero-order valence-corrected chi connectivity index (χ0v) is 29.0. The monoisotopic (exact) mass is 700 g/mol. The molecule has 4 amide bonds. The molecule has 2 aliphatic rings. The Morgan fingerprint density at radius 3 is 1.71 bits per heavy atom. The fourth-order valence-electron chi connectivity index (χ4n) is 7.07. The highest BCUT2D eigenvalue weighted by Gasteiger charge is 2.38. The highest BCUT2D eigenvalue weighted by atomic mass is 16.6. The lowest BCUT2D eigenvalue weighted by Gasteiger charge is -2.27. The molecular weight excluding hydrogens is 660 g/mol. The Labute approximate surface area is 300 Å². The van der Waals surface area contributed by atoms with Crippen LogP contribution in [0.15, 0.2) is 91.3 Å². The zero-order valence-electron chi connectivity index (χ0n) is 29.0. The van der Waals surface area contributed by atoms with Gasteiger partial charge in [-0.3, -0.25) is 14.4 Å². The fraction of sp³-hybridized carbons (Fsp3) is 0.282. The molecule has 7 rings (SSSR count). The molecule has 0 saturated carbocycles. The summed E-state index contributed by atoms with van der Waals surface area (Å²) >= 11 is 0. The van der Waals surface area contributed by atoms with E-state index in [9.17, 15) is 19.2 Å². The van der Waals surface area contributed by atoms with E-state index in [0.717, 1.165) is 59.3 Å². The number of ether oxygens (including phenoxy) is 1. The minimum Gasteiger partial charge on any atom is -0.431 e. The molecule has 0 aliphatic carbocycles. The summed E-state index contributed by atoms with van der Waals surface area (Å²) in [6.07, 6.45) is 4.47. The first-order chi connectivity index (χ1) is 25.2. The second kappa shape index (κ2) is 14.5. The van der Waals surface area contributed by atoms with E-state index in [2.05, 4.69) is 44.2 Å². The van der Waals surface area contributed by atoms with Crippen molar-refractivity contribution in [1.82, 2.24) is 34.6 Å². The van der Waals surface area contributed by atoms with Gasteiger partial charge in [-0.2, -0.15) is 0 Å². The summed E-state index contributed by atoms with van der Waals surface area (Å²) in [5.74, 6) is -0.0306. The van der Waals surface area contributed by atoms with Gasteiger partial charge in [0.05, 0.1) is 35.9 Å². The normalized spacial score (nSPS) is 17.6. The van der Waals surface area contributed by atoms with E-state index in [4.69, 9.17) is 10.5 Å². The van der Waals surface area contributed by atoms with Crippen molar-refractivity contribution in [1.29, 1.82) is 0 Å². The Balaban J connectivity index is 1.02. The lowest BCUT2D eigenvalue weighted by atomic mass is 10.0. The van der Waals surface area contributed by atoms with Crippen molar-refractivity contribution >= 4 is 23.8 Å². The first-order valence-electron chi connectivity index (χ1n) is 17.3. The van der Waals surface area contributed by atoms with Crippen molar-refractivity contribution in [2.75, 3.05) is 27.2 Å². The van der Waals surface area contributed by atoms with Gasteiger partial charge in [-0.15, -0.1) is 0 Å². The number of hydrogen-bond acceptors (Lipinski definition) is 7. The fourth-order valence-corrected chi connectivity index (χ4v) is 7.07. The number of likely N-dealkylation sites (N-methyl/N-ethyl adjacent to an activating group) is 1. The van der Waals surface area contributed by atoms with Gasteiger partial charge in [0, 0.05) is 32.7 Å². The third-order valence-electron chi connectivity index (χ3n) is 9.75. The Hall–Kier alpha value is -6.24. The maximum absolute atomic E-state index is 13.7. The number of nitrogens with two attached hydrogens (primary N) is 1. The quantitative estimate of drug-likeness (QED) is 0.182. The molecule has 13 heteroatoms. The Morgan fingerprint density at radius 1 is 0.731 bits per heavy atom. The second-order valence-electron chi connectivity index (χ2n) is 13.3. The van der Waals surface area contributed by atoms with Gasteiger partial charge in [0.25, 0.3) is 5.91 Å². The van der Waals surface area contributed by atoms with E-state index < -0.39 is 24.0 Å². The Morgan fingerprint density at radius 2 is 1.21 bits per heavy atom. The third-order valence-corrected chi connectivity index (χ3v) is 9.75. The van der Waals surface area contributed by atoms with Gasteiger partial charge in [0.2, 0.25) is 6.10 Å². The van der Waals surface area contributed by atoms with Crippen LogP contribution in [-0.4, -0.2) is 85.6 Å². The number of carbonyl (C=O) groups is 4. The van der Waals surface area contributed by atoms with E-state index in [0.29, 0.717) is 30.3 Å². The molecular formula is C39H40N8O5. The summed E-state index contributed by atoms with van der Waals surface area (Å²) in [4.78, 5) is 71.1. The molecule has 266 valence electrons. The summed E-state index contributed by atoms with van der Waals surface area (Å²) < 4.78 is 5.28. The van der Waals surface area contributed by atoms with Crippen molar-refractivity contribution < 1.29 is 23.9 Å². The number of carbonyl (C=O) groups excluding carboxylic acids is 4. The first-order valence-corrected chi connectivity index (χ1v) is 17.3. The van der Waals surface area contributed by atoms with E-state index in [1.54, 1.807) is 60.6 Å². The summed E-state index contributed by atoms with van der Waals surface area (Å²) in [5, 5.41) is 0. The molecule has 0 spiro atoms. The summed E-state index contributed by atoms with van der Waals surface area (Å²) in [5.41, 5.74) is 11.5. The molecule has 3 aromatic carbocycles. The lowest BCUT2D eigenvalue weighted by Crippen LogP contribution is -2.42. The van der Waals surface area contributed by atoms with Crippen LogP contribution in [0.25, 0.3) is 33.6 Å². The average Bonchev–Trinajstić information content (AvgIpc) is 4.00. The number of hydrogen-bond donors (Lipinski definition) is 3. The largest absolute Gasteiger partial charge is 0.431 e. The van der Waals surface area contributed by atoms with Gasteiger partial charge in [0.15, 0.2) is 0 Å². The van der Waals surface area contributed by atoms with Gasteiger partial charge in [-0.25, -0.2) is 14.8 Å². The molecule has 2 fully saturated rings. The van der Waals surface area contributed by atoms with Gasteiger partial charge < -0.3 is 35.1 Å². The highest BCUT2D eigenvalue weighted by Crippen LogP contribution is 2.36. The van der Waals surface area contributed by atoms with Gasteiger partial charge >= 0.3 is 17.9 Å². The van der Waals surface area contributed by atoms with E-state index >= 15 is 0 Å². The second-order valence-corrected chi connectivity index (χ2v) is 13.3. The van der Waals surface area contributed by atoms with Gasteiger partial charge in [0.1, 0.15) is 11.6 Å². The maximum atomic E-state index is 13.7. The zero-order chi connectivity index (χ0) is 36.4. The molecule has 13 nitrogen and oxygen atoms in total. The molecule has 2 aromatic heterocycles. The minimum absolute atomic E-state index is 0.261. The number of aromatic amines is 2. The molecule has 2 aliphatic heterocycles. The van der Waals surface area contributed by atoms with Crippen LogP contribution < -0.4 is 5.73 Å². The number of rotatable bonds is 8. The smallest absolute Gasteiger partial charge is 0.405 e. The molecule has 3 atom stereocenters. The molecule has 4 N–H and O–H groups in total. The topological polar surface area (TPSA) is 171 Å². The molecule has 52 heavy (non-hydrogen) atoms. The number of primary amides is 1. The SMILES string of the molecule is CN(C)C(=O)C(=O)N1CCC[C@H]1c1ncc(-c2ccc(-c3ccc(-c4cnc([C@@H]5CCCN5C(=O)[C@H](OC(N)=O)c5ccccc5)[nH]4)cc3)cc2)[nH]1. The number of benzene rings is 3. The van der Waals surface area contributed by atoms with Crippen LogP contribution in [0, 0.1) is 0 Å². The van der Waals surface area contributed by atoms with E-state index in [1.165, 1.54) is 4.90 Å². The Kier molecular flexibility index (Phi) is 9.57. The summed E-state index contributed by atoms with van der Waals surface area (Å²) in [6, 6.07) is 24.6. The van der Waals surface area contributed by atoms with E-state index in [-0.39, 0.29) is 18.0 Å². The van der Waals surface area contributed by atoms with Crippen LogP contribution in [-0.2, 0) is 19.1 Å². The van der Waals surface area contributed by atoms with Crippen molar-refractivity contribution in [3.8, 4) is 33.6 Å². The molecule has 0 bridgehead atoms. The summed E-state index contributed by atoms with van der Waals surface area (Å²) in [7, 11) is 3.16. The molecule has 5 aromatic rings. The van der Waals surface area contributed by atoms with Crippen molar-refractivity contribution in [3.63, 3.8) is 0 Å². The predicted octanol–water partition coefficient (Wildman–Crippen LogP) is 5.39. The molecule has 4 heterocycles. The van der Waals surface area contributed by atoms with Gasteiger partial charge in [-0.05, 0) is 47.9 Å². The Bertz CT molecular complexity index is 2070. The van der Waals surface area contributed by atoms with Crippen LogP contribution in [0.2, 0.25) is 0 Å². The molecule has 0 radical (unpaired) electrons. The average molecular weight is 701 g/mol. The molecule has 0 unspecified atom stereocenters. The molecule has 2 saturated heterocycles. The first kappa shape index (κ1) is 34.2. The number of likely N-dealkylation sites (tertiary alicyclic amines) is 2. The van der Waals surface area contributed by atoms with Crippen LogP contribution in [0.5, 0.6) is 0 Å².